The van der Waals surface area contributed by atoms with Crippen LogP contribution in [0.5, 0.6) is 0 Å². The van der Waals surface area contributed by atoms with E-state index in [0.717, 1.165) is 6.07 Å². The molecule has 0 saturated carbocycles. The molecule has 1 heterocycles. The lowest BCUT2D eigenvalue weighted by molar-refractivity contribution is -0.384. The first-order valence-corrected chi connectivity index (χ1v) is 5.89. The van der Waals surface area contributed by atoms with Crippen LogP contribution in [0.2, 0.25) is 0 Å². The molecule has 8 heteroatoms. The number of halogens is 1. The van der Waals surface area contributed by atoms with Gasteiger partial charge in [0.1, 0.15) is 11.5 Å². The lowest BCUT2D eigenvalue weighted by Gasteiger charge is -2.25. The lowest BCUT2D eigenvalue weighted by atomic mass is 10.0. The van der Waals surface area contributed by atoms with Crippen LogP contribution >= 0.6 is 0 Å². The van der Waals surface area contributed by atoms with Crippen molar-refractivity contribution >= 4 is 17.3 Å². The first-order valence-electron chi connectivity index (χ1n) is 5.89. The number of carbonyl (C=O) groups is 1. The third-order valence-electron chi connectivity index (χ3n) is 3.17. The average molecular weight is 284 g/mol. The van der Waals surface area contributed by atoms with Gasteiger partial charge in [0, 0.05) is 6.61 Å². The molecule has 108 valence electrons. The highest BCUT2D eigenvalue weighted by Crippen LogP contribution is 2.32. The first kappa shape index (κ1) is 14.2. The Labute approximate surface area is 113 Å². The minimum atomic E-state index is -1.48. The molecule has 0 spiro atoms. The normalized spacial score (nSPS) is 21.7. The van der Waals surface area contributed by atoms with Gasteiger partial charge in [-0.3, -0.25) is 10.1 Å². The van der Waals surface area contributed by atoms with Gasteiger partial charge in [0.2, 0.25) is 0 Å². The van der Waals surface area contributed by atoms with E-state index in [2.05, 4.69) is 5.32 Å². The highest BCUT2D eigenvalue weighted by Gasteiger charge is 2.32. The van der Waals surface area contributed by atoms with Crippen LogP contribution in [0.15, 0.2) is 12.1 Å². The quantitative estimate of drug-likeness (QED) is 0.648. The number of benzene rings is 1. The maximum absolute atomic E-state index is 13.5. The molecule has 1 atom stereocenters. The Morgan fingerprint density at radius 2 is 2.30 bits per heavy atom. The van der Waals surface area contributed by atoms with E-state index >= 15 is 0 Å². The zero-order chi connectivity index (χ0) is 14.9. The van der Waals surface area contributed by atoms with Gasteiger partial charge in [-0.05, 0) is 19.4 Å². The van der Waals surface area contributed by atoms with Gasteiger partial charge in [0.05, 0.1) is 28.7 Å². The first-order chi connectivity index (χ1) is 9.32. The number of anilines is 1. The highest BCUT2D eigenvalue weighted by atomic mass is 19.1. The van der Waals surface area contributed by atoms with E-state index in [4.69, 9.17) is 9.84 Å². The Hall–Kier alpha value is -2.22. The lowest BCUT2D eigenvalue weighted by Crippen LogP contribution is -2.35. The summed E-state index contributed by atoms with van der Waals surface area (Å²) in [5, 5.41) is 22.7. The predicted octanol–water partition coefficient (Wildman–Crippen LogP) is 2.02. The molecule has 1 unspecified atom stereocenters. The molecule has 0 aromatic heterocycles. The summed E-state index contributed by atoms with van der Waals surface area (Å²) in [6.07, 6.45) is 0.615. The maximum atomic E-state index is 13.5. The molecule has 0 bridgehead atoms. The van der Waals surface area contributed by atoms with Crippen LogP contribution in [-0.4, -0.2) is 34.8 Å². The molecule has 1 fully saturated rings. The van der Waals surface area contributed by atoms with Crippen LogP contribution in [0.1, 0.15) is 23.7 Å². The van der Waals surface area contributed by atoms with Gasteiger partial charge >= 0.3 is 5.97 Å². The van der Waals surface area contributed by atoms with Crippen LogP contribution < -0.4 is 5.32 Å². The van der Waals surface area contributed by atoms with E-state index in [9.17, 15) is 19.3 Å². The van der Waals surface area contributed by atoms with Crippen molar-refractivity contribution in [3.63, 3.8) is 0 Å². The molecule has 7 nitrogen and oxygen atoms in total. The molecule has 2 N–H and O–H groups in total. The van der Waals surface area contributed by atoms with Crippen molar-refractivity contribution in [2.24, 2.45) is 0 Å². The Bertz CT molecular complexity index is 569. The van der Waals surface area contributed by atoms with Gasteiger partial charge in [0.25, 0.3) is 5.69 Å². The minimum Gasteiger partial charge on any atom is -0.478 e. The van der Waals surface area contributed by atoms with Crippen molar-refractivity contribution in [2.75, 3.05) is 18.5 Å². The molecule has 1 aromatic carbocycles. The fourth-order valence-corrected chi connectivity index (χ4v) is 2.07. The van der Waals surface area contributed by atoms with Gasteiger partial charge in [-0.2, -0.15) is 0 Å². The van der Waals surface area contributed by atoms with Crippen LogP contribution in [0.4, 0.5) is 15.8 Å². The average Bonchev–Trinajstić information content (AvgIpc) is 2.77. The molecule has 0 radical (unpaired) electrons. The van der Waals surface area contributed by atoms with Crippen molar-refractivity contribution in [1.82, 2.24) is 0 Å². The molecule has 1 aliphatic rings. The summed E-state index contributed by atoms with van der Waals surface area (Å²) in [6.45, 7) is 2.64. The summed E-state index contributed by atoms with van der Waals surface area (Å²) in [5.74, 6) is -2.61. The highest BCUT2D eigenvalue weighted by molar-refractivity contribution is 5.90. The number of nitro groups is 1. The number of nitrogens with zero attached hydrogens (tertiary/aromatic N) is 1. The van der Waals surface area contributed by atoms with E-state index < -0.39 is 33.5 Å². The summed E-state index contributed by atoms with van der Waals surface area (Å²) in [4.78, 5) is 21.1. The molecule has 20 heavy (non-hydrogen) atoms. The monoisotopic (exact) mass is 284 g/mol. The molecule has 1 saturated heterocycles. The summed E-state index contributed by atoms with van der Waals surface area (Å²) >= 11 is 0. The Kier molecular flexibility index (Phi) is 3.58. The topological polar surface area (TPSA) is 102 Å². The molecule has 2 rings (SSSR count). The minimum absolute atomic E-state index is 0.0261. The Balaban J connectivity index is 2.45. The standard InChI is InChI=1S/C12H13FN2O5/c1-12(2-3-20-6-12)14-9-4-7(11(16)17)8(13)5-10(9)15(18)19/h4-5,14H,2-3,6H2,1H3,(H,16,17). The van der Waals surface area contributed by atoms with Crippen molar-refractivity contribution in [1.29, 1.82) is 0 Å². The Morgan fingerprint density at radius 3 is 2.80 bits per heavy atom. The Morgan fingerprint density at radius 1 is 1.60 bits per heavy atom. The number of nitrogens with one attached hydrogen (secondary N) is 1. The van der Waals surface area contributed by atoms with E-state index in [1.165, 1.54) is 0 Å². The third kappa shape index (κ3) is 2.69. The number of hydrogen-bond acceptors (Lipinski definition) is 5. The van der Waals surface area contributed by atoms with Crippen LogP contribution in [-0.2, 0) is 4.74 Å². The molecular weight excluding hydrogens is 271 g/mol. The van der Waals surface area contributed by atoms with Crippen molar-refractivity contribution in [3.8, 4) is 0 Å². The fourth-order valence-electron chi connectivity index (χ4n) is 2.07. The summed E-state index contributed by atoms with van der Waals surface area (Å²) in [6, 6.07) is 1.56. The second kappa shape index (κ2) is 5.04. The third-order valence-corrected chi connectivity index (χ3v) is 3.17. The molecule has 0 aliphatic carbocycles. The molecule has 1 aromatic rings. The van der Waals surface area contributed by atoms with E-state index in [-0.39, 0.29) is 5.69 Å². The van der Waals surface area contributed by atoms with Crippen LogP contribution in [0, 0.1) is 15.9 Å². The van der Waals surface area contributed by atoms with Crippen molar-refractivity contribution in [3.05, 3.63) is 33.6 Å². The number of aromatic carboxylic acids is 1. The SMILES string of the molecule is CC1(Nc2cc(C(=O)O)c(F)cc2[N+](=O)[O-])CCOC1. The van der Waals surface area contributed by atoms with E-state index in [0.29, 0.717) is 25.7 Å². The van der Waals surface area contributed by atoms with Crippen molar-refractivity contribution < 1.29 is 24.0 Å². The van der Waals surface area contributed by atoms with Crippen molar-refractivity contribution in [2.45, 2.75) is 18.9 Å². The summed E-state index contributed by atoms with van der Waals surface area (Å²) in [5.41, 5.74) is -1.68. The van der Waals surface area contributed by atoms with Gasteiger partial charge in [-0.1, -0.05) is 0 Å². The number of rotatable bonds is 4. The van der Waals surface area contributed by atoms with Crippen LogP contribution in [0.25, 0.3) is 0 Å². The largest absolute Gasteiger partial charge is 0.478 e. The summed E-state index contributed by atoms with van der Waals surface area (Å²) < 4.78 is 18.7. The van der Waals surface area contributed by atoms with Gasteiger partial charge in [-0.15, -0.1) is 0 Å². The molecular formula is C12H13FN2O5. The van der Waals surface area contributed by atoms with Gasteiger partial charge in [0.15, 0.2) is 0 Å². The predicted molar refractivity (Wildman–Crippen MR) is 67.5 cm³/mol. The zero-order valence-corrected chi connectivity index (χ0v) is 10.7. The van der Waals surface area contributed by atoms with Crippen LogP contribution in [0.3, 0.4) is 0 Å². The smallest absolute Gasteiger partial charge is 0.338 e. The number of carboxylic acids is 1. The second-order valence-electron chi connectivity index (χ2n) is 4.90. The second-order valence-corrected chi connectivity index (χ2v) is 4.90. The molecule has 0 amide bonds. The number of hydrogen-bond donors (Lipinski definition) is 2. The fraction of sp³-hybridized carbons (Fsp3) is 0.417. The number of nitro benzene ring substituents is 1. The van der Waals surface area contributed by atoms with E-state index in [1.54, 1.807) is 6.92 Å². The van der Waals surface area contributed by atoms with Gasteiger partial charge in [-0.25, -0.2) is 9.18 Å². The summed E-state index contributed by atoms with van der Waals surface area (Å²) in [7, 11) is 0. The van der Waals surface area contributed by atoms with E-state index in [1.807, 2.05) is 0 Å². The van der Waals surface area contributed by atoms with Gasteiger partial charge < -0.3 is 15.2 Å². The maximum Gasteiger partial charge on any atom is 0.338 e. The molecule has 1 aliphatic heterocycles. The number of carboxylic acid groups (broad SMARTS) is 1. The number of ether oxygens (including phenoxy) is 1. The zero-order valence-electron chi connectivity index (χ0n) is 10.7.